The summed E-state index contributed by atoms with van der Waals surface area (Å²) in [5, 5.41) is 2.19. The van der Waals surface area contributed by atoms with Crippen molar-refractivity contribution in [3.05, 3.63) is 68.3 Å². The number of halogens is 2. The highest BCUT2D eigenvalue weighted by molar-refractivity contribution is 9.10. The number of amides is 3. The Hall–Kier alpha value is -2.45. The van der Waals surface area contributed by atoms with Crippen molar-refractivity contribution in [2.75, 3.05) is 11.9 Å². The van der Waals surface area contributed by atoms with E-state index in [1.165, 1.54) is 24.3 Å². The lowest BCUT2D eigenvalue weighted by Crippen LogP contribution is -2.36. The van der Waals surface area contributed by atoms with Gasteiger partial charge in [0.15, 0.2) is 0 Å². The minimum absolute atomic E-state index is 0.183. The number of nitrogens with zero attached hydrogens (tertiary/aromatic N) is 1. The number of anilines is 1. The van der Waals surface area contributed by atoms with Gasteiger partial charge in [-0.25, -0.2) is 4.39 Å². The molecule has 8 heteroatoms. The summed E-state index contributed by atoms with van der Waals surface area (Å²) in [6.45, 7) is 3.46. The largest absolute Gasteiger partial charge is 0.325 e. The second kappa shape index (κ2) is 8.28. The van der Waals surface area contributed by atoms with Gasteiger partial charge in [0.05, 0.1) is 9.38 Å². The number of thioether (sulfide) groups is 1. The molecule has 1 aliphatic heterocycles. The van der Waals surface area contributed by atoms with Crippen LogP contribution >= 0.6 is 27.7 Å². The van der Waals surface area contributed by atoms with Gasteiger partial charge in [-0.2, -0.15) is 0 Å². The summed E-state index contributed by atoms with van der Waals surface area (Å²) in [4.78, 5) is 38.1. The molecule has 0 bridgehead atoms. The first-order valence-electron chi connectivity index (χ1n) is 8.31. The van der Waals surface area contributed by atoms with E-state index >= 15 is 0 Å². The fraction of sp³-hybridized carbons (Fsp3) is 0.150. The quantitative estimate of drug-likeness (QED) is 0.657. The molecule has 0 unspecified atom stereocenters. The van der Waals surface area contributed by atoms with Gasteiger partial charge in [0.2, 0.25) is 5.91 Å². The summed E-state index contributed by atoms with van der Waals surface area (Å²) in [6, 6.07) is 9.87. The van der Waals surface area contributed by atoms with Crippen LogP contribution in [0.5, 0.6) is 0 Å². The number of aryl methyl sites for hydroxylation is 2. The van der Waals surface area contributed by atoms with Crippen molar-refractivity contribution >= 4 is 56.5 Å². The Morgan fingerprint density at radius 1 is 1.18 bits per heavy atom. The lowest BCUT2D eigenvalue weighted by atomic mass is 10.1. The van der Waals surface area contributed by atoms with Gasteiger partial charge < -0.3 is 5.32 Å². The second-order valence-corrected chi connectivity index (χ2v) is 8.21. The maximum absolute atomic E-state index is 13.3. The zero-order chi connectivity index (χ0) is 20.4. The molecule has 1 aliphatic rings. The van der Waals surface area contributed by atoms with Crippen molar-refractivity contribution in [1.29, 1.82) is 0 Å². The molecule has 28 heavy (non-hydrogen) atoms. The van der Waals surface area contributed by atoms with Crippen LogP contribution in [0.15, 0.2) is 45.8 Å². The van der Waals surface area contributed by atoms with Crippen LogP contribution in [-0.2, 0) is 9.59 Å². The molecule has 3 rings (SSSR count). The Kier molecular flexibility index (Phi) is 6.00. The lowest BCUT2D eigenvalue weighted by molar-refractivity contribution is -0.127. The Bertz CT molecular complexity index is 1000. The van der Waals surface area contributed by atoms with E-state index in [0.717, 1.165) is 27.8 Å². The highest BCUT2D eigenvalue weighted by Crippen LogP contribution is 2.32. The molecule has 0 aromatic heterocycles. The Morgan fingerprint density at radius 3 is 2.50 bits per heavy atom. The average molecular weight is 463 g/mol. The fourth-order valence-electron chi connectivity index (χ4n) is 2.78. The maximum atomic E-state index is 13.3. The van der Waals surface area contributed by atoms with Crippen LogP contribution in [0.2, 0.25) is 0 Å². The van der Waals surface area contributed by atoms with Crippen molar-refractivity contribution in [2.24, 2.45) is 0 Å². The molecule has 3 amide bonds. The number of benzene rings is 2. The highest BCUT2D eigenvalue weighted by atomic mass is 79.9. The molecule has 0 spiro atoms. The van der Waals surface area contributed by atoms with E-state index in [0.29, 0.717) is 11.3 Å². The molecule has 144 valence electrons. The normalized spacial score (nSPS) is 15.4. The highest BCUT2D eigenvalue weighted by Gasteiger charge is 2.36. The molecule has 0 aliphatic carbocycles. The van der Waals surface area contributed by atoms with E-state index in [2.05, 4.69) is 21.2 Å². The molecule has 2 aromatic rings. The molecule has 0 saturated carbocycles. The lowest BCUT2D eigenvalue weighted by Gasteiger charge is -2.13. The SMILES string of the molecule is Cc1cc(C)cc(NC(=O)CN2C(=O)S/C(=C/c3ccc(F)c(Br)c3)C2=O)c1. The minimum atomic E-state index is -0.550. The average Bonchev–Trinajstić information content (AvgIpc) is 2.84. The fourth-order valence-corrected chi connectivity index (χ4v) is 4.02. The predicted octanol–water partition coefficient (Wildman–Crippen LogP) is 4.88. The van der Waals surface area contributed by atoms with Crippen LogP contribution in [0.3, 0.4) is 0 Å². The molecule has 1 saturated heterocycles. The van der Waals surface area contributed by atoms with E-state index in [-0.39, 0.29) is 15.9 Å². The van der Waals surface area contributed by atoms with Gasteiger partial charge in [0.25, 0.3) is 11.1 Å². The van der Waals surface area contributed by atoms with Crippen molar-refractivity contribution < 1.29 is 18.8 Å². The molecule has 1 heterocycles. The molecule has 0 atom stereocenters. The molecule has 5 nitrogen and oxygen atoms in total. The summed E-state index contributed by atoms with van der Waals surface area (Å²) >= 11 is 3.83. The number of hydrogen-bond acceptors (Lipinski definition) is 4. The predicted molar refractivity (Wildman–Crippen MR) is 111 cm³/mol. The zero-order valence-electron chi connectivity index (χ0n) is 15.1. The number of rotatable bonds is 4. The maximum Gasteiger partial charge on any atom is 0.294 e. The van der Waals surface area contributed by atoms with E-state index in [1.807, 2.05) is 32.0 Å². The van der Waals surface area contributed by atoms with Gasteiger partial charge >= 0.3 is 0 Å². The summed E-state index contributed by atoms with van der Waals surface area (Å²) in [5.74, 6) is -1.43. The van der Waals surface area contributed by atoms with Crippen LogP contribution in [-0.4, -0.2) is 28.5 Å². The van der Waals surface area contributed by atoms with E-state index < -0.39 is 22.9 Å². The minimum Gasteiger partial charge on any atom is -0.325 e. The Labute approximate surface area is 174 Å². The van der Waals surface area contributed by atoms with Gasteiger partial charge in [0.1, 0.15) is 12.4 Å². The van der Waals surface area contributed by atoms with Crippen molar-refractivity contribution in [1.82, 2.24) is 4.90 Å². The molecule has 2 aromatic carbocycles. The van der Waals surface area contributed by atoms with Crippen LogP contribution < -0.4 is 5.32 Å². The number of imide groups is 1. The van der Waals surface area contributed by atoms with E-state index in [4.69, 9.17) is 0 Å². The van der Waals surface area contributed by atoms with Crippen molar-refractivity contribution in [2.45, 2.75) is 13.8 Å². The number of hydrogen-bond donors (Lipinski definition) is 1. The first kappa shape index (κ1) is 20.3. The van der Waals surface area contributed by atoms with Crippen molar-refractivity contribution in [3.8, 4) is 0 Å². The van der Waals surface area contributed by atoms with Gasteiger partial charge in [-0.3, -0.25) is 19.3 Å². The summed E-state index contributed by atoms with van der Waals surface area (Å²) in [5.41, 5.74) is 3.17. The Balaban J connectivity index is 1.71. The third kappa shape index (κ3) is 4.69. The zero-order valence-corrected chi connectivity index (χ0v) is 17.5. The van der Waals surface area contributed by atoms with Crippen LogP contribution in [0.1, 0.15) is 16.7 Å². The van der Waals surface area contributed by atoms with Crippen molar-refractivity contribution in [3.63, 3.8) is 0 Å². The third-order valence-electron chi connectivity index (χ3n) is 3.92. The molecule has 1 fully saturated rings. The standard InChI is InChI=1S/C20H16BrFN2O3S/c1-11-5-12(2)7-14(6-11)23-18(25)10-24-19(26)17(28-20(24)27)9-13-3-4-16(22)15(21)8-13/h3-9H,10H2,1-2H3,(H,23,25)/b17-9+. The van der Waals surface area contributed by atoms with E-state index in [1.54, 1.807) is 0 Å². The van der Waals surface area contributed by atoms with Crippen LogP contribution in [0.4, 0.5) is 14.9 Å². The number of carbonyl (C=O) groups is 3. The first-order chi connectivity index (χ1) is 13.2. The number of nitrogens with one attached hydrogen (secondary N) is 1. The topological polar surface area (TPSA) is 66.5 Å². The summed E-state index contributed by atoms with van der Waals surface area (Å²) in [7, 11) is 0. The first-order valence-corrected chi connectivity index (χ1v) is 9.92. The second-order valence-electron chi connectivity index (χ2n) is 6.37. The smallest absolute Gasteiger partial charge is 0.294 e. The van der Waals surface area contributed by atoms with Gasteiger partial charge in [-0.05, 0) is 88.6 Å². The number of carbonyl (C=O) groups excluding carboxylic acids is 3. The molecule has 0 radical (unpaired) electrons. The molecular weight excluding hydrogens is 447 g/mol. The molecular formula is C20H16BrFN2O3S. The monoisotopic (exact) mass is 462 g/mol. The Morgan fingerprint density at radius 2 is 1.86 bits per heavy atom. The molecule has 1 N–H and O–H groups in total. The summed E-state index contributed by atoms with van der Waals surface area (Å²) < 4.78 is 13.6. The van der Waals surface area contributed by atoms with Gasteiger partial charge in [0, 0.05) is 5.69 Å². The third-order valence-corrected chi connectivity index (χ3v) is 5.44. The summed E-state index contributed by atoms with van der Waals surface area (Å²) in [6.07, 6.45) is 1.50. The van der Waals surface area contributed by atoms with Crippen LogP contribution in [0.25, 0.3) is 6.08 Å². The van der Waals surface area contributed by atoms with Gasteiger partial charge in [-0.15, -0.1) is 0 Å². The van der Waals surface area contributed by atoms with Gasteiger partial charge in [-0.1, -0.05) is 12.1 Å². The van der Waals surface area contributed by atoms with Crippen LogP contribution in [0, 0.1) is 19.7 Å². The van der Waals surface area contributed by atoms with E-state index in [9.17, 15) is 18.8 Å².